The smallest absolute Gasteiger partial charge is 0.137 e. The second-order valence-electron chi connectivity index (χ2n) is 3.33. The first-order valence-electron chi connectivity index (χ1n) is 4.34. The fourth-order valence-electron chi connectivity index (χ4n) is 1.79. The van der Waals surface area contributed by atoms with Gasteiger partial charge in [0.15, 0.2) is 0 Å². The van der Waals surface area contributed by atoms with E-state index in [2.05, 4.69) is 0 Å². The van der Waals surface area contributed by atoms with Gasteiger partial charge in [-0.1, -0.05) is 11.6 Å². The van der Waals surface area contributed by atoms with Crippen LogP contribution in [0, 0.1) is 0 Å². The van der Waals surface area contributed by atoms with Crippen molar-refractivity contribution in [3.8, 4) is 5.75 Å². The Balaban J connectivity index is 2.51. The molecule has 1 aromatic rings. The number of hydrogen-bond donors (Lipinski definition) is 1. The van der Waals surface area contributed by atoms with E-state index in [0.717, 1.165) is 18.6 Å². The molecule has 0 heterocycles. The average molecular weight is 198 g/mol. The van der Waals surface area contributed by atoms with Crippen molar-refractivity contribution in [3.63, 3.8) is 0 Å². The van der Waals surface area contributed by atoms with Gasteiger partial charge in [0.1, 0.15) is 5.75 Å². The lowest BCUT2D eigenvalue weighted by Gasteiger charge is -2.08. The summed E-state index contributed by atoms with van der Waals surface area (Å²) in [5.74, 6) is 0.720. The monoisotopic (exact) mass is 197 g/mol. The first-order valence-corrected chi connectivity index (χ1v) is 4.72. The molecule has 0 unspecified atom stereocenters. The highest BCUT2D eigenvalue weighted by Gasteiger charge is 2.20. The molecule has 2 rings (SSSR count). The van der Waals surface area contributed by atoms with Gasteiger partial charge < -0.3 is 10.5 Å². The Labute approximate surface area is 82.6 Å². The second kappa shape index (κ2) is 3.20. The van der Waals surface area contributed by atoms with Crippen LogP contribution >= 0.6 is 11.6 Å². The summed E-state index contributed by atoms with van der Waals surface area (Å²) in [5, 5.41) is 0.676. The van der Waals surface area contributed by atoms with Gasteiger partial charge in [0.05, 0.1) is 12.1 Å². The predicted molar refractivity (Wildman–Crippen MR) is 53.3 cm³/mol. The maximum atomic E-state index is 5.99. The highest BCUT2D eigenvalue weighted by Crippen LogP contribution is 2.36. The minimum absolute atomic E-state index is 0.154. The predicted octanol–water partition coefficient (Wildman–Crippen LogP) is 2.29. The second-order valence-corrected chi connectivity index (χ2v) is 3.74. The van der Waals surface area contributed by atoms with Crippen molar-refractivity contribution in [2.75, 3.05) is 7.11 Å². The lowest BCUT2D eigenvalue weighted by molar-refractivity contribution is 0.414. The molecule has 1 aliphatic carbocycles. The molecule has 1 aromatic carbocycles. The van der Waals surface area contributed by atoms with Crippen molar-refractivity contribution in [1.82, 2.24) is 0 Å². The van der Waals surface area contributed by atoms with Gasteiger partial charge in [0.25, 0.3) is 0 Å². The molecule has 0 saturated carbocycles. The number of aryl methyl sites for hydroxylation is 1. The summed E-state index contributed by atoms with van der Waals surface area (Å²) >= 11 is 5.99. The van der Waals surface area contributed by atoms with Crippen molar-refractivity contribution >= 4 is 11.6 Å². The standard InChI is InChI=1S/C10H12ClNO/c1-13-10-5-7-6(4-8(10)11)2-3-9(7)12/h4-5,9H,2-3,12H2,1H3/t9-/m1/s1. The lowest BCUT2D eigenvalue weighted by atomic mass is 10.1. The topological polar surface area (TPSA) is 35.2 Å². The Morgan fingerprint density at radius 2 is 2.31 bits per heavy atom. The summed E-state index contributed by atoms with van der Waals surface area (Å²) in [5.41, 5.74) is 8.37. The molecular formula is C10H12ClNO. The summed E-state index contributed by atoms with van der Waals surface area (Å²) in [6.45, 7) is 0. The maximum absolute atomic E-state index is 5.99. The average Bonchev–Trinajstić information content (AvgIpc) is 2.46. The zero-order chi connectivity index (χ0) is 9.42. The van der Waals surface area contributed by atoms with E-state index in [9.17, 15) is 0 Å². The van der Waals surface area contributed by atoms with Gasteiger partial charge in [-0.15, -0.1) is 0 Å². The van der Waals surface area contributed by atoms with Crippen molar-refractivity contribution in [2.24, 2.45) is 5.73 Å². The van der Waals surface area contributed by atoms with Crippen LogP contribution in [-0.4, -0.2) is 7.11 Å². The van der Waals surface area contributed by atoms with Crippen LogP contribution in [0.1, 0.15) is 23.6 Å². The van der Waals surface area contributed by atoms with E-state index in [-0.39, 0.29) is 6.04 Å². The minimum Gasteiger partial charge on any atom is -0.495 e. The zero-order valence-electron chi connectivity index (χ0n) is 7.51. The van der Waals surface area contributed by atoms with Crippen molar-refractivity contribution in [2.45, 2.75) is 18.9 Å². The van der Waals surface area contributed by atoms with Crippen LogP contribution in [0.2, 0.25) is 5.02 Å². The largest absolute Gasteiger partial charge is 0.495 e. The van der Waals surface area contributed by atoms with Crippen molar-refractivity contribution in [3.05, 3.63) is 28.3 Å². The number of nitrogens with two attached hydrogens (primary N) is 1. The molecule has 2 N–H and O–H groups in total. The van der Waals surface area contributed by atoms with Crippen LogP contribution in [0.25, 0.3) is 0 Å². The number of benzene rings is 1. The summed E-state index contributed by atoms with van der Waals surface area (Å²) in [4.78, 5) is 0. The van der Waals surface area contributed by atoms with Gasteiger partial charge >= 0.3 is 0 Å². The molecule has 0 saturated heterocycles. The van der Waals surface area contributed by atoms with Crippen LogP contribution in [0.15, 0.2) is 12.1 Å². The van der Waals surface area contributed by atoms with E-state index in [1.54, 1.807) is 7.11 Å². The van der Waals surface area contributed by atoms with Gasteiger partial charge in [-0.05, 0) is 36.1 Å². The third-order valence-electron chi connectivity index (χ3n) is 2.54. The SMILES string of the molecule is COc1cc2c(cc1Cl)CC[C@H]2N. The van der Waals surface area contributed by atoms with E-state index in [4.69, 9.17) is 22.1 Å². The molecule has 13 heavy (non-hydrogen) atoms. The number of fused-ring (bicyclic) bond motifs is 1. The quantitative estimate of drug-likeness (QED) is 0.750. The van der Waals surface area contributed by atoms with E-state index in [0.29, 0.717) is 5.02 Å². The van der Waals surface area contributed by atoms with E-state index >= 15 is 0 Å². The van der Waals surface area contributed by atoms with E-state index < -0.39 is 0 Å². The minimum atomic E-state index is 0.154. The third kappa shape index (κ3) is 1.40. The molecule has 0 aromatic heterocycles. The van der Waals surface area contributed by atoms with Crippen molar-refractivity contribution in [1.29, 1.82) is 0 Å². The van der Waals surface area contributed by atoms with Crippen LogP contribution in [0.3, 0.4) is 0 Å². The number of hydrogen-bond acceptors (Lipinski definition) is 2. The molecule has 0 bridgehead atoms. The Hall–Kier alpha value is -0.730. The van der Waals surface area contributed by atoms with Gasteiger partial charge in [0, 0.05) is 6.04 Å². The number of ether oxygens (including phenoxy) is 1. The molecule has 70 valence electrons. The van der Waals surface area contributed by atoms with Crippen LogP contribution in [0.4, 0.5) is 0 Å². The van der Waals surface area contributed by atoms with E-state index in [1.165, 1.54) is 11.1 Å². The molecule has 3 heteroatoms. The van der Waals surface area contributed by atoms with Crippen LogP contribution in [0.5, 0.6) is 5.75 Å². The summed E-state index contributed by atoms with van der Waals surface area (Å²) in [6, 6.07) is 4.07. The molecule has 0 aliphatic heterocycles. The molecule has 0 amide bonds. The maximum Gasteiger partial charge on any atom is 0.137 e. The highest BCUT2D eigenvalue weighted by atomic mass is 35.5. The Morgan fingerprint density at radius 1 is 1.54 bits per heavy atom. The fraction of sp³-hybridized carbons (Fsp3) is 0.400. The molecule has 1 aliphatic rings. The zero-order valence-corrected chi connectivity index (χ0v) is 8.27. The van der Waals surface area contributed by atoms with Crippen LogP contribution in [-0.2, 0) is 6.42 Å². The molecule has 0 fully saturated rings. The first kappa shape index (κ1) is 8.85. The normalized spacial score (nSPS) is 20.1. The lowest BCUT2D eigenvalue weighted by Crippen LogP contribution is -2.05. The van der Waals surface area contributed by atoms with Gasteiger partial charge in [0.2, 0.25) is 0 Å². The summed E-state index contributed by atoms with van der Waals surface area (Å²) in [6.07, 6.45) is 2.04. The number of methoxy groups -OCH3 is 1. The fourth-order valence-corrected chi connectivity index (χ4v) is 2.06. The molecule has 0 spiro atoms. The molecule has 0 radical (unpaired) electrons. The summed E-state index contributed by atoms with van der Waals surface area (Å²) < 4.78 is 5.13. The van der Waals surface area contributed by atoms with Gasteiger partial charge in [-0.2, -0.15) is 0 Å². The summed E-state index contributed by atoms with van der Waals surface area (Å²) in [7, 11) is 1.62. The van der Waals surface area contributed by atoms with Crippen molar-refractivity contribution < 1.29 is 4.74 Å². The van der Waals surface area contributed by atoms with E-state index in [1.807, 2.05) is 12.1 Å². The van der Waals surface area contributed by atoms with Gasteiger partial charge in [-0.3, -0.25) is 0 Å². The highest BCUT2D eigenvalue weighted by molar-refractivity contribution is 6.32. The number of halogens is 1. The van der Waals surface area contributed by atoms with Gasteiger partial charge in [-0.25, -0.2) is 0 Å². The number of rotatable bonds is 1. The molecule has 1 atom stereocenters. The third-order valence-corrected chi connectivity index (χ3v) is 2.83. The Morgan fingerprint density at radius 3 is 3.00 bits per heavy atom. The van der Waals surface area contributed by atoms with Crippen LogP contribution < -0.4 is 10.5 Å². The first-order chi connectivity index (χ1) is 6.22. The Kier molecular flexibility index (Phi) is 2.18. The Bertz CT molecular complexity index is 338. The molecule has 2 nitrogen and oxygen atoms in total. The molecular weight excluding hydrogens is 186 g/mol.